The van der Waals surface area contributed by atoms with Gasteiger partial charge in [-0.3, -0.25) is 0 Å². The van der Waals surface area contributed by atoms with Gasteiger partial charge in [-0.1, -0.05) is 11.6 Å². The highest BCUT2D eigenvalue weighted by Gasteiger charge is 2.14. The minimum absolute atomic E-state index is 0.351. The third-order valence-electron chi connectivity index (χ3n) is 2.20. The number of carbonyl (C=O) groups is 1. The summed E-state index contributed by atoms with van der Waals surface area (Å²) in [6.45, 7) is 0. The Labute approximate surface area is 102 Å². The molecule has 3 nitrogen and oxygen atoms in total. The molecule has 0 unspecified atom stereocenters. The summed E-state index contributed by atoms with van der Waals surface area (Å²) in [4.78, 5) is 11.9. The number of hydrogen-bond donors (Lipinski definition) is 0. The molecule has 1 aromatic carbocycles. The van der Waals surface area contributed by atoms with Gasteiger partial charge < -0.3 is 9.47 Å². The van der Waals surface area contributed by atoms with Crippen LogP contribution in [0, 0.1) is 0 Å². The molecule has 0 saturated heterocycles. The molecule has 0 amide bonds. The molecule has 0 fully saturated rings. The van der Waals surface area contributed by atoms with Gasteiger partial charge in [0.05, 0.1) is 18.9 Å². The lowest BCUT2D eigenvalue weighted by atomic mass is 10.2. The van der Waals surface area contributed by atoms with Crippen molar-refractivity contribution in [2.45, 2.75) is 0 Å². The molecule has 2 aromatic rings. The van der Waals surface area contributed by atoms with E-state index in [1.165, 1.54) is 18.4 Å². The number of rotatable bonds is 2. The molecule has 0 atom stereocenters. The maximum absolute atomic E-state index is 11.4. The molecule has 5 heteroatoms. The Hall–Kier alpha value is -1.26. The number of methoxy groups -OCH3 is 2. The van der Waals surface area contributed by atoms with Gasteiger partial charge in [0, 0.05) is 0 Å². The number of hydrogen-bond acceptors (Lipinski definition) is 4. The summed E-state index contributed by atoms with van der Waals surface area (Å²) in [5.41, 5.74) is 0. The second-order valence-electron chi connectivity index (χ2n) is 3.10. The zero-order valence-corrected chi connectivity index (χ0v) is 10.3. The Kier molecular flexibility index (Phi) is 3.03. The van der Waals surface area contributed by atoms with Gasteiger partial charge in [-0.15, -0.1) is 11.3 Å². The standard InChI is InChI=1S/C11H9ClO3S/c1-14-7-4-3-6-5-8(11(13)15-2)16-10(6)9(7)12/h3-5H,1-2H3. The molecule has 0 aliphatic heterocycles. The van der Waals surface area contributed by atoms with Crippen LogP contribution in [0.4, 0.5) is 0 Å². The largest absolute Gasteiger partial charge is 0.495 e. The van der Waals surface area contributed by atoms with Crippen LogP contribution >= 0.6 is 22.9 Å². The topological polar surface area (TPSA) is 35.5 Å². The van der Waals surface area contributed by atoms with Crippen molar-refractivity contribution in [3.8, 4) is 5.75 Å². The van der Waals surface area contributed by atoms with Crippen molar-refractivity contribution in [1.29, 1.82) is 0 Å². The van der Waals surface area contributed by atoms with E-state index < -0.39 is 0 Å². The average molecular weight is 257 g/mol. The van der Waals surface area contributed by atoms with Gasteiger partial charge in [-0.05, 0) is 23.6 Å². The van der Waals surface area contributed by atoms with E-state index in [-0.39, 0.29) is 5.97 Å². The fourth-order valence-electron chi connectivity index (χ4n) is 1.41. The molecule has 0 saturated carbocycles. The smallest absolute Gasteiger partial charge is 0.348 e. The van der Waals surface area contributed by atoms with Gasteiger partial charge in [0.1, 0.15) is 15.6 Å². The molecule has 0 bridgehead atoms. The highest BCUT2D eigenvalue weighted by molar-refractivity contribution is 7.21. The number of carbonyl (C=O) groups excluding carboxylic acids is 1. The second kappa shape index (κ2) is 4.31. The average Bonchev–Trinajstić information content (AvgIpc) is 2.73. The summed E-state index contributed by atoms with van der Waals surface area (Å²) >= 11 is 7.44. The van der Waals surface area contributed by atoms with Crippen LogP contribution < -0.4 is 4.74 Å². The first-order valence-corrected chi connectivity index (χ1v) is 5.71. The zero-order chi connectivity index (χ0) is 11.7. The van der Waals surface area contributed by atoms with Gasteiger partial charge in [0.15, 0.2) is 0 Å². The summed E-state index contributed by atoms with van der Waals surface area (Å²) in [5, 5.41) is 1.44. The number of benzene rings is 1. The van der Waals surface area contributed by atoms with Gasteiger partial charge in [-0.25, -0.2) is 4.79 Å². The maximum atomic E-state index is 11.4. The zero-order valence-electron chi connectivity index (χ0n) is 8.74. The van der Waals surface area contributed by atoms with E-state index in [9.17, 15) is 4.79 Å². The molecule has 16 heavy (non-hydrogen) atoms. The van der Waals surface area contributed by atoms with Gasteiger partial charge >= 0.3 is 5.97 Å². The minimum atomic E-state index is -0.351. The van der Waals surface area contributed by atoms with E-state index in [0.29, 0.717) is 15.6 Å². The molecule has 0 aliphatic carbocycles. The molecule has 0 spiro atoms. The molecular formula is C11H9ClO3S. The lowest BCUT2D eigenvalue weighted by molar-refractivity contribution is 0.0606. The predicted octanol–water partition coefficient (Wildman–Crippen LogP) is 3.35. The Balaban J connectivity index is 2.62. The van der Waals surface area contributed by atoms with Gasteiger partial charge in [0.2, 0.25) is 0 Å². The first-order valence-electron chi connectivity index (χ1n) is 4.51. The van der Waals surface area contributed by atoms with Crippen molar-refractivity contribution in [2.75, 3.05) is 14.2 Å². The molecule has 84 valence electrons. The summed E-state index contributed by atoms with van der Waals surface area (Å²) in [6, 6.07) is 5.40. The van der Waals surface area contributed by atoms with Crippen LogP contribution in [0.2, 0.25) is 5.02 Å². The van der Waals surface area contributed by atoms with Gasteiger partial charge in [-0.2, -0.15) is 0 Å². The van der Waals surface area contributed by atoms with E-state index >= 15 is 0 Å². The maximum Gasteiger partial charge on any atom is 0.348 e. The summed E-state index contributed by atoms with van der Waals surface area (Å²) in [7, 11) is 2.91. The number of esters is 1. The second-order valence-corrected chi connectivity index (χ2v) is 4.53. The first-order chi connectivity index (χ1) is 7.67. The number of ether oxygens (including phenoxy) is 2. The molecule has 0 aliphatic rings. The van der Waals surface area contributed by atoms with Crippen LogP contribution in [-0.4, -0.2) is 20.2 Å². The molecule has 0 radical (unpaired) electrons. The summed E-state index contributed by atoms with van der Waals surface area (Å²) < 4.78 is 10.6. The first kappa shape index (κ1) is 11.2. The van der Waals surface area contributed by atoms with Crippen LogP contribution in [-0.2, 0) is 4.74 Å². The highest BCUT2D eigenvalue weighted by Crippen LogP contribution is 2.37. The Bertz CT molecular complexity index is 547. The quantitative estimate of drug-likeness (QED) is 0.773. The van der Waals surface area contributed by atoms with Crippen LogP contribution in [0.5, 0.6) is 5.75 Å². The SMILES string of the molecule is COC(=O)c1cc2ccc(OC)c(Cl)c2s1. The van der Waals surface area contributed by atoms with E-state index in [2.05, 4.69) is 4.74 Å². The number of thiophene rings is 1. The van der Waals surface area contributed by atoms with Crippen molar-refractivity contribution < 1.29 is 14.3 Å². The summed E-state index contributed by atoms with van der Waals surface area (Å²) in [6.07, 6.45) is 0. The fraction of sp³-hybridized carbons (Fsp3) is 0.182. The molecular weight excluding hydrogens is 248 g/mol. The Morgan fingerprint density at radius 2 is 2.12 bits per heavy atom. The summed E-state index contributed by atoms with van der Waals surface area (Å²) in [5.74, 6) is 0.253. The highest BCUT2D eigenvalue weighted by atomic mass is 35.5. The van der Waals surface area contributed by atoms with E-state index in [1.54, 1.807) is 19.2 Å². The van der Waals surface area contributed by atoms with Crippen molar-refractivity contribution in [3.05, 3.63) is 28.1 Å². The van der Waals surface area contributed by atoms with Crippen LogP contribution in [0.25, 0.3) is 10.1 Å². The third kappa shape index (κ3) is 1.74. The molecule has 0 N–H and O–H groups in total. The van der Waals surface area contributed by atoms with Gasteiger partial charge in [0.25, 0.3) is 0 Å². The van der Waals surface area contributed by atoms with E-state index in [1.807, 2.05) is 6.07 Å². The Morgan fingerprint density at radius 1 is 1.38 bits per heavy atom. The van der Waals surface area contributed by atoms with E-state index in [0.717, 1.165) is 10.1 Å². The Morgan fingerprint density at radius 3 is 2.75 bits per heavy atom. The van der Waals surface area contributed by atoms with Crippen molar-refractivity contribution in [1.82, 2.24) is 0 Å². The monoisotopic (exact) mass is 256 g/mol. The normalized spacial score (nSPS) is 10.4. The van der Waals surface area contributed by atoms with E-state index in [4.69, 9.17) is 16.3 Å². The molecule has 1 heterocycles. The minimum Gasteiger partial charge on any atom is -0.495 e. The fourth-order valence-corrected chi connectivity index (χ4v) is 2.78. The van der Waals surface area contributed by atoms with Crippen LogP contribution in [0.1, 0.15) is 9.67 Å². The lowest BCUT2D eigenvalue weighted by Gasteiger charge is -2.02. The number of fused-ring (bicyclic) bond motifs is 1. The number of halogens is 1. The van der Waals surface area contributed by atoms with Crippen molar-refractivity contribution in [2.24, 2.45) is 0 Å². The molecule has 2 rings (SSSR count). The predicted molar refractivity (Wildman–Crippen MR) is 64.7 cm³/mol. The third-order valence-corrected chi connectivity index (χ3v) is 3.83. The lowest BCUT2D eigenvalue weighted by Crippen LogP contribution is -1.96. The van der Waals surface area contributed by atoms with Crippen molar-refractivity contribution in [3.63, 3.8) is 0 Å². The van der Waals surface area contributed by atoms with Crippen LogP contribution in [0.15, 0.2) is 18.2 Å². The van der Waals surface area contributed by atoms with Crippen LogP contribution in [0.3, 0.4) is 0 Å². The van der Waals surface area contributed by atoms with Crippen molar-refractivity contribution >= 4 is 39.0 Å². The molecule has 1 aromatic heterocycles.